The van der Waals surface area contributed by atoms with Crippen molar-refractivity contribution in [2.45, 2.75) is 26.0 Å². The normalized spacial score (nSPS) is 11.8. The number of aromatic nitrogens is 4. The van der Waals surface area contributed by atoms with Gasteiger partial charge < -0.3 is 9.63 Å². The van der Waals surface area contributed by atoms with Crippen LogP contribution in [0.5, 0.6) is 0 Å². The molecule has 21 heavy (non-hydrogen) atoms. The molecule has 0 aliphatic heterocycles. The molecule has 0 bridgehead atoms. The Morgan fingerprint density at radius 3 is 2.67 bits per heavy atom. The molecule has 0 radical (unpaired) electrons. The Kier molecular flexibility index (Phi) is 3.31. The first-order valence-corrected chi connectivity index (χ1v) is 6.66. The smallest absolute Gasteiger partial charge is 0.167 e. The van der Waals surface area contributed by atoms with Crippen molar-refractivity contribution >= 4 is 0 Å². The van der Waals surface area contributed by atoms with Crippen LogP contribution in [-0.4, -0.2) is 25.3 Å². The van der Waals surface area contributed by atoms with Gasteiger partial charge in [0.2, 0.25) is 0 Å². The summed E-state index contributed by atoms with van der Waals surface area (Å²) in [6, 6.07) is 11.7. The molecular formula is C15H16N4O2. The van der Waals surface area contributed by atoms with E-state index in [4.69, 9.17) is 4.52 Å². The maximum Gasteiger partial charge on any atom is 0.167 e. The van der Waals surface area contributed by atoms with Crippen LogP contribution in [0.25, 0.3) is 11.3 Å². The van der Waals surface area contributed by atoms with Gasteiger partial charge in [-0.15, -0.1) is 5.10 Å². The number of benzene rings is 1. The van der Waals surface area contributed by atoms with E-state index in [1.807, 2.05) is 36.4 Å². The van der Waals surface area contributed by atoms with Crippen molar-refractivity contribution in [3.05, 3.63) is 54.0 Å². The highest BCUT2D eigenvalue weighted by molar-refractivity contribution is 5.56. The van der Waals surface area contributed by atoms with Gasteiger partial charge in [-0.05, 0) is 13.8 Å². The average molecular weight is 284 g/mol. The first-order chi connectivity index (χ1) is 10.0. The molecule has 0 amide bonds. The number of rotatable bonds is 4. The lowest BCUT2D eigenvalue weighted by Crippen LogP contribution is -2.15. The van der Waals surface area contributed by atoms with E-state index < -0.39 is 5.60 Å². The highest BCUT2D eigenvalue weighted by Crippen LogP contribution is 2.20. The second kappa shape index (κ2) is 5.14. The highest BCUT2D eigenvalue weighted by Gasteiger charge is 2.20. The summed E-state index contributed by atoms with van der Waals surface area (Å²) in [5, 5.41) is 21.8. The summed E-state index contributed by atoms with van der Waals surface area (Å²) in [5.74, 6) is 0.716. The van der Waals surface area contributed by atoms with Crippen LogP contribution in [0, 0.1) is 0 Å². The zero-order valence-corrected chi connectivity index (χ0v) is 11.9. The molecule has 0 fully saturated rings. The molecule has 0 spiro atoms. The van der Waals surface area contributed by atoms with Gasteiger partial charge in [0.15, 0.2) is 5.76 Å². The minimum Gasteiger partial charge on any atom is -0.384 e. The van der Waals surface area contributed by atoms with Crippen LogP contribution >= 0.6 is 0 Å². The van der Waals surface area contributed by atoms with Crippen LogP contribution in [0.3, 0.4) is 0 Å². The summed E-state index contributed by atoms with van der Waals surface area (Å²) >= 11 is 0. The Labute approximate surface area is 122 Å². The van der Waals surface area contributed by atoms with Crippen molar-refractivity contribution in [3.63, 3.8) is 0 Å². The Balaban J connectivity index is 1.77. The molecule has 0 saturated carbocycles. The van der Waals surface area contributed by atoms with Crippen LogP contribution in [0.4, 0.5) is 0 Å². The van der Waals surface area contributed by atoms with Gasteiger partial charge in [0.1, 0.15) is 17.0 Å². The maximum atomic E-state index is 9.87. The van der Waals surface area contributed by atoms with Gasteiger partial charge in [0, 0.05) is 11.6 Å². The van der Waals surface area contributed by atoms with Crippen molar-refractivity contribution in [2.24, 2.45) is 0 Å². The summed E-state index contributed by atoms with van der Waals surface area (Å²) in [6.45, 7) is 3.79. The van der Waals surface area contributed by atoms with Crippen molar-refractivity contribution < 1.29 is 9.63 Å². The Bertz CT molecular complexity index is 725. The van der Waals surface area contributed by atoms with Crippen LogP contribution in [0.1, 0.15) is 25.2 Å². The van der Waals surface area contributed by atoms with Gasteiger partial charge in [-0.1, -0.05) is 40.7 Å². The second-order valence-electron chi connectivity index (χ2n) is 5.41. The third kappa shape index (κ3) is 3.00. The quantitative estimate of drug-likeness (QED) is 0.794. The molecule has 3 aromatic rings. The van der Waals surface area contributed by atoms with Crippen LogP contribution in [0.15, 0.2) is 47.1 Å². The van der Waals surface area contributed by atoms with E-state index >= 15 is 0 Å². The van der Waals surface area contributed by atoms with E-state index in [-0.39, 0.29) is 0 Å². The highest BCUT2D eigenvalue weighted by atomic mass is 16.5. The molecule has 0 saturated heterocycles. The SMILES string of the molecule is CC(C)(O)c1cn(Cc2cc(-c3ccccc3)on2)nn1. The van der Waals surface area contributed by atoms with Crippen molar-refractivity contribution in [2.75, 3.05) is 0 Å². The van der Waals surface area contributed by atoms with Gasteiger partial charge in [0.05, 0.1) is 12.7 Å². The molecule has 2 aromatic heterocycles. The average Bonchev–Trinajstić information content (AvgIpc) is 3.09. The van der Waals surface area contributed by atoms with E-state index in [0.29, 0.717) is 18.0 Å². The zero-order chi connectivity index (χ0) is 14.9. The molecule has 1 N–H and O–H groups in total. The van der Waals surface area contributed by atoms with Gasteiger partial charge in [-0.2, -0.15) is 0 Å². The summed E-state index contributed by atoms with van der Waals surface area (Å²) in [6.07, 6.45) is 1.71. The molecule has 1 aromatic carbocycles. The molecule has 3 rings (SSSR count). The van der Waals surface area contributed by atoms with E-state index in [2.05, 4.69) is 15.5 Å². The molecule has 6 nitrogen and oxygen atoms in total. The van der Waals surface area contributed by atoms with Gasteiger partial charge in [-0.3, -0.25) is 0 Å². The van der Waals surface area contributed by atoms with E-state index in [9.17, 15) is 5.11 Å². The summed E-state index contributed by atoms with van der Waals surface area (Å²) in [7, 11) is 0. The molecular weight excluding hydrogens is 268 g/mol. The number of hydrogen-bond donors (Lipinski definition) is 1. The summed E-state index contributed by atoms with van der Waals surface area (Å²) in [5.41, 5.74) is 1.25. The topological polar surface area (TPSA) is 77.0 Å². The molecule has 108 valence electrons. The second-order valence-corrected chi connectivity index (χ2v) is 5.41. The zero-order valence-electron chi connectivity index (χ0n) is 11.9. The fourth-order valence-electron chi connectivity index (χ4n) is 1.95. The predicted octanol–water partition coefficient (Wildman–Crippen LogP) is 2.21. The molecule has 0 atom stereocenters. The van der Waals surface area contributed by atoms with Crippen LogP contribution in [-0.2, 0) is 12.1 Å². The van der Waals surface area contributed by atoms with Crippen molar-refractivity contribution in [1.82, 2.24) is 20.2 Å². The largest absolute Gasteiger partial charge is 0.384 e. The van der Waals surface area contributed by atoms with Gasteiger partial charge >= 0.3 is 0 Å². The number of hydrogen-bond acceptors (Lipinski definition) is 5. The van der Waals surface area contributed by atoms with Gasteiger partial charge in [-0.25, -0.2) is 4.68 Å². The monoisotopic (exact) mass is 284 g/mol. The fraction of sp³-hybridized carbons (Fsp3) is 0.267. The Morgan fingerprint density at radius 2 is 2.00 bits per heavy atom. The molecule has 0 aliphatic rings. The lowest BCUT2D eigenvalue weighted by atomic mass is 10.1. The van der Waals surface area contributed by atoms with E-state index in [0.717, 1.165) is 11.3 Å². The van der Waals surface area contributed by atoms with Crippen molar-refractivity contribution in [3.8, 4) is 11.3 Å². The Morgan fingerprint density at radius 1 is 1.24 bits per heavy atom. The van der Waals surface area contributed by atoms with Gasteiger partial charge in [0.25, 0.3) is 0 Å². The maximum absolute atomic E-state index is 9.87. The first kappa shape index (κ1) is 13.5. The minimum atomic E-state index is -1.00. The molecule has 0 unspecified atom stereocenters. The lowest BCUT2D eigenvalue weighted by Gasteiger charge is -2.11. The molecule has 2 heterocycles. The third-order valence-electron chi connectivity index (χ3n) is 3.11. The van der Waals surface area contributed by atoms with Crippen LogP contribution in [0.2, 0.25) is 0 Å². The third-order valence-corrected chi connectivity index (χ3v) is 3.11. The number of aliphatic hydroxyl groups is 1. The van der Waals surface area contributed by atoms with Crippen LogP contribution < -0.4 is 0 Å². The lowest BCUT2D eigenvalue weighted by molar-refractivity contribution is 0.0737. The van der Waals surface area contributed by atoms with E-state index in [1.54, 1.807) is 24.7 Å². The summed E-state index contributed by atoms with van der Waals surface area (Å²) in [4.78, 5) is 0. The summed E-state index contributed by atoms with van der Waals surface area (Å²) < 4.78 is 6.96. The standard InChI is InChI=1S/C15H16N4O2/c1-15(2,20)14-10-19(18-16-14)9-12-8-13(21-17-12)11-6-4-3-5-7-11/h3-8,10,20H,9H2,1-2H3. The van der Waals surface area contributed by atoms with Crippen molar-refractivity contribution in [1.29, 1.82) is 0 Å². The Hall–Kier alpha value is -2.47. The van der Waals surface area contributed by atoms with E-state index in [1.165, 1.54) is 0 Å². The fourth-order valence-corrected chi connectivity index (χ4v) is 1.95. The molecule has 6 heteroatoms. The molecule has 0 aliphatic carbocycles. The predicted molar refractivity (Wildman–Crippen MR) is 76.3 cm³/mol. The minimum absolute atomic E-state index is 0.444. The number of nitrogens with zero attached hydrogens (tertiary/aromatic N) is 4. The first-order valence-electron chi connectivity index (χ1n) is 6.66.